The van der Waals surface area contributed by atoms with Gasteiger partial charge >= 0.3 is 0 Å². The number of halogens is 1. The van der Waals surface area contributed by atoms with Crippen molar-refractivity contribution in [2.75, 3.05) is 5.73 Å². The standard InChI is InChI=1S/C12H17BrN2O3S/c13-9-7-8(14)5-6-12(9)19(17,18)15-10-3-1-2-4-11(10)16/h5-7,10-11,15-16H,1-4,14H2. The zero-order valence-corrected chi connectivity index (χ0v) is 12.7. The SMILES string of the molecule is Nc1ccc(S(=O)(=O)NC2CCCCC2O)c(Br)c1. The van der Waals surface area contributed by atoms with E-state index >= 15 is 0 Å². The molecule has 0 aliphatic heterocycles. The van der Waals surface area contributed by atoms with Gasteiger partial charge in [0.1, 0.15) is 0 Å². The number of aliphatic hydroxyl groups is 1. The highest BCUT2D eigenvalue weighted by molar-refractivity contribution is 9.10. The number of nitrogens with one attached hydrogen (secondary N) is 1. The van der Waals surface area contributed by atoms with Gasteiger partial charge in [-0.15, -0.1) is 0 Å². The van der Waals surface area contributed by atoms with E-state index in [0.29, 0.717) is 23.0 Å². The lowest BCUT2D eigenvalue weighted by atomic mass is 9.93. The topological polar surface area (TPSA) is 92.4 Å². The van der Waals surface area contributed by atoms with Crippen LogP contribution in [0.2, 0.25) is 0 Å². The van der Waals surface area contributed by atoms with E-state index in [0.717, 1.165) is 12.8 Å². The number of anilines is 1. The van der Waals surface area contributed by atoms with Crippen molar-refractivity contribution in [3.63, 3.8) is 0 Å². The summed E-state index contributed by atoms with van der Waals surface area (Å²) in [5.74, 6) is 0. The second-order valence-corrected chi connectivity index (χ2v) is 7.31. The van der Waals surface area contributed by atoms with Crippen molar-refractivity contribution in [2.45, 2.75) is 42.7 Å². The van der Waals surface area contributed by atoms with Crippen molar-refractivity contribution in [2.24, 2.45) is 0 Å². The van der Waals surface area contributed by atoms with Crippen LogP contribution >= 0.6 is 15.9 Å². The van der Waals surface area contributed by atoms with Gasteiger partial charge in [0.2, 0.25) is 10.0 Å². The molecule has 0 saturated heterocycles. The van der Waals surface area contributed by atoms with E-state index in [4.69, 9.17) is 5.73 Å². The molecular weight excluding hydrogens is 332 g/mol. The van der Waals surface area contributed by atoms with E-state index in [2.05, 4.69) is 20.7 Å². The minimum Gasteiger partial charge on any atom is -0.399 e. The summed E-state index contributed by atoms with van der Waals surface area (Å²) in [6.07, 6.45) is 2.54. The van der Waals surface area contributed by atoms with Crippen molar-refractivity contribution in [1.29, 1.82) is 0 Å². The Bertz CT molecular complexity index is 562. The van der Waals surface area contributed by atoms with Gasteiger partial charge in [0.15, 0.2) is 0 Å². The Morgan fingerprint density at radius 3 is 2.63 bits per heavy atom. The first-order chi connectivity index (χ1) is 8.90. The van der Waals surface area contributed by atoms with Crippen LogP contribution in [0.3, 0.4) is 0 Å². The highest BCUT2D eigenvalue weighted by Gasteiger charge is 2.28. The fourth-order valence-corrected chi connectivity index (χ4v) is 4.65. The summed E-state index contributed by atoms with van der Waals surface area (Å²) in [4.78, 5) is 0.138. The summed E-state index contributed by atoms with van der Waals surface area (Å²) < 4.78 is 27.6. The zero-order chi connectivity index (χ0) is 14.0. The first-order valence-corrected chi connectivity index (χ1v) is 8.43. The third-order valence-electron chi connectivity index (χ3n) is 3.28. The Kier molecular flexibility index (Phi) is 4.50. The van der Waals surface area contributed by atoms with E-state index in [1.165, 1.54) is 12.1 Å². The fraction of sp³-hybridized carbons (Fsp3) is 0.500. The molecule has 0 radical (unpaired) electrons. The van der Waals surface area contributed by atoms with Gasteiger partial charge < -0.3 is 10.8 Å². The van der Waals surface area contributed by atoms with Gasteiger partial charge in [-0.1, -0.05) is 12.8 Å². The van der Waals surface area contributed by atoms with E-state index < -0.39 is 22.2 Å². The molecule has 7 heteroatoms. The lowest BCUT2D eigenvalue weighted by Crippen LogP contribution is -2.45. The third kappa shape index (κ3) is 3.47. The molecule has 2 atom stereocenters. The first-order valence-electron chi connectivity index (χ1n) is 6.15. The van der Waals surface area contributed by atoms with Gasteiger partial charge in [-0.25, -0.2) is 13.1 Å². The summed E-state index contributed by atoms with van der Waals surface area (Å²) >= 11 is 3.20. The molecule has 1 aliphatic rings. The van der Waals surface area contributed by atoms with Gasteiger partial charge in [-0.05, 0) is 47.0 Å². The molecule has 5 nitrogen and oxygen atoms in total. The number of rotatable bonds is 3. The van der Waals surface area contributed by atoms with Crippen molar-refractivity contribution < 1.29 is 13.5 Å². The van der Waals surface area contributed by atoms with Crippen LogP contribution in [-0.2, 0) is 10.0 Å². The van der Waals surface area contributed by atoms with E-state index in [-0.39, 0.29) is 4.90 Å². The maximum absolute atomic E-state index is 12.3. The lowest BCUT2D eigenvalue weighted by molar-refractivity contribution is 0.101. The van der Waals surface area contributed by atoms with Crippen molar-refractivity contribution in [3.8, 4) is 0 Å². The van der Waals surface area contributed by atoms with Gasteiger partial charge in [-0.3, -0.25) is 0 Å². The molecule has 0 amide bonds. The summed E-state index contributed by atoms with van der Waals surface area (Å²) in [7, 11) is -3.65. The van der Waals surface area contributed by atoms with Crippen LogP contribution in [-0.4, -0.2) is 25.7 Å². The van der Waals surface area contributed by atoms with Crippen LogP contribution in [0.4, 0.5) is 5.69 Å². The average molecular weight is 349 g/mol. The Morgan fingerprint density at radius 2 is 2.00 bits per heavy atom. The lowest BCUT2D eigenvalue weighted by Gasteiger charge is -2.28. The fourth-order valence-electron chi connectivity index (χ4n) is 2.25. The number of hydrogen-bond donors (Lipinski definition) is 3. The number of sulfonamides is 1. The van der Waals surface area contributed by atoms with E-state index in [1.54, 1.807) is 6.07 Å². The predicted molar refractivity (Wildman–Crippen MR) is 77.1 cm³/mol. The second-order valence-electron chi connectivity index (χ2n) is 4.77. The molecule has 2 rings (SSSR count). The van der Waals surface area contributed by atoms with Crippen LogP contribution in [0.15, 0.2) is 27.6 Å². The van der Waals surface area contributed by atoms with Crippen LogP contribution in [0.5, 0.6) is 0 Å². The highest BCUT2D eigenvalue weighted by Crippen LogP contribution is 2.26. The maximum Gasteiger partial charge on any atom is 0.242 e. The monoisotopic (exact) mass is 348 g/mol. The van der Waals surface area contributed by atoms with Crippen molar-refractivity contribution in [1.82, 2.24) is 4.72 Å². The molecule has 1 aromatic carbocycles. The van der Waals surface area contributed by atoms with E-state index in [9.17, 15) is 13.5 Å². The molecule has 1 aromatic rings. The molecular formula is C12H17BrN2O3S. The number of nitrogens with two attached hydrogens (primary N) is 1. The molecule has 1 fully saturated rings. The van der Waals surface area contributed by atoms with Crippen LogP contribution < -0.4 is 10.5 Å². The van der Waals surface area contributed by atoms with Gasteiger partial charge in [-0.2, -0.15) is 0 Å². The van der Waals surface area contributed by atoms with E-state index in [1.807, 2.05) is 0 Å². The molecule has 1 saturated carbocycles. The molecule has 19 heavy (non-hydrogen) atoms. The van der Waals surface area contributed by atoms with Crippen molar-refractivity contribution in [3.05, 3.63) is 22.7 Å². The molecule has 4 N–H and O–H groups in total. The molecule has 0 aromatic heterocycles. The van der Waals surface area contributed by atoms with Crippen molar-refractivity contribution >= 4 is 31.6 Å². The summed E-state index contributed by atoms with van der Waals surface area (Å²) in [6, 6.07) is 4.13. The van der Waals surface area contributed by atoms with Crippen LogP contribution in [0.25, 0.3) is 0 Å². The molecule has 2 unspecified atom stereocenters. The Balaban J connectivity index is 2.22. The maximum atomic E-state index is 12.3. The van der Waals surface area contributed by atoms with Gasteiger partial charge in [0.05, 0.1) is 11.0 Å². The van der Waals surface area contributed by atoms with Crippen LogP contribution in [0.1, 0.15) is 25.7 Å². The average Bonchev–Trinajstić information content (AvgIpc) is 2.31. The highest BCUT2D eigenvalue weighted by atomic mass is 79.9. The second kappa shape index (κ2) is 5.78. The Hall–Kier alpha value is -0.630. The molecule has 0 spiro atoms. The predicted octanol–water partition coefficient (Wildman–Crippen LogP) is 1.61. The smallest absolute Gasteiger partial charge is 0.242 e. The number of nitrogen functional groups attached to an aromatic ring is 1. The first kappa shape index (κ1) is 14.8. The Labute approximate surface area is 121 Å². The minimum absolute atomic E-state index is 0.138. The summed E-state index contributed by atoms with van der Waals surface area (Å²) in [6.45, 7) is 0. The Morgan fingerprint density at radius 1 is 1.32 bits per heavy atom. The molecule has 0 bridgehead atoms. The molecule has 0 heterocycles. The largest absolute Gasteiger partial charge is 0.399 e. The number of aliphatic hydroxyl groups excluding tert-OH is 1. The normalized spacial score (nSPS) is 24.3. The number of hydrogen-bond acceptors (Lipinski definition) is 4. The molecule has 1 aliphatic carbocycles. The zero-order valence-electron chi connectivity index (χ0n) is 10.3. The summed E-state index contributed by atoms with van der Waals surface area (Å²) in [5.41, 5.74) is 6.08. The minimum atomic E-state index is -3.65. The van der Waals surface area contributed by atoms with Gasteiger partial charge in [0.25, 0.3) is 0 Å². The van der Waals surface area contributed by atoms with Gasteiger partial charge in [0, 0.05) is 16.2 Å². The quantitative estimate of drug-likeness (QED) is 0.723. The number of benzene rings is 1. The molecule has 106 valence electrons. The third-order valence-corrected chi connectivity index (χ3v) is 5.75. The summed E-state index contributed by atoms with van der Waals surface area (Å²) in [5, 5.41) is 9.83. The van der Waals surface area contributed by atoms with Crippen LogP contribution in [0, 0.1) is 0 Å².